The molecular weight excluding hydrogens is 176 g/mol. The van der Waals surface area contributed by atoms with Gasteiger partial charge in [-0.2, -0.15) is 0 Å². The Bertz CT molecular complexity index is 185. The van der Waals surface area contributed by atoms with Gasteiger partial charge in [-0.15, -0.1) is 0 Å². The van der Waals surface area contributed by atoms with Crippen LogP contribution >= 0.6 is 0 Å². The molecule has 0 atom stereocenters. The normalized spacial score (nSPS) is 13.2. The van der Waals surface area contributed by atoms with Gasteiger partial charge in [0.2, 0.25) is 5.96 Å². The van der Waals surface area contributed by atoms with Crippen LogP contribution in [0.2, 0.25) is 0 Å². The van der Waals surface area contributed by atoms with Crippen molar-refractivity contribution in [1.82, 2.24) is 10.7 Å². The summed E-state index contributed by atoms with van der Waals surface area (Å²) in [5, 5.41) is 3.26. The van der Waals surface area contributed by atoms with Crippen LogP contribution in [-0.2, 0) is 0 Å². The van der Waals surface area contributed by atoms with Gasteiger partial charge < -0.3 is 5.32 Å². The Morgan fingerprint density at radius 2 is 2.00 bits per heavy atom. The molecule has 0 saturated carbocycles. The third-order valence-electron chi connectivity index (χ3n) is 2.09. The zero-order chi connectivity index (χ0) is 11.2. The van der Waals surface area contributed by atoms with E-state index in [1.807, 2.05) is 0 Å². The first-order valence-corrected chi connectivity index (χ1v) is 5.20. The fourth-order valence-corrected chi connectivity index (χ4v) is 0.804. The first-order valence-electron chi connectivity index (χ1n) is 5.20. The van der Waals surface area contributed by atoms with Crippen LogP contribution in [0.5, 0.6) is 0 Å². The molecule has 84 valence electrons. The average Bonchev–Trinajstić information content (AvgIpc) is 2.12. The summed E-state index contributed by atoms with van der Waals surface area (Å²) >= 11 is 0. The lowest BCUT2D eigenvalue weighted by Gasteiger charge is -2.26. The van der Waals surface area contributed by atoms with E-state index in [1.165, 1.54) is 0 Å². The average molecular weight is 200 g/mol. The Balaban J connectivity index is 4.21. The SMILES string of the molecule is CCC(C)(C)NC(=NCC(C)C)NN. The lowest BCUT2D eigenvalue weighted by molar-refractivity contribution is 0.437. The quantitative estimate of drug-likeness (QED) is 0.277. The third-order valence-corrected chi connectivity index (χ3v) is 2.09. The van der Waals surface area contributed by atoms with Gasteiger partial charge in [0.1, 0.15) is 0 Å². The van der Waals surface area contributed by atoms with E-state index >= 15 is 0 Å². The van der Waals surface area contributed by atoms with E-state index in [9.17, 15) is 0 Å². The van der Waals surface area contributed by atoms with Gasteiger partial charge in [0.15, 0.2) is 0 Å². The number of hydrogen-bond acceptors (Lipinski definition) is 2. The van der Waals surface area contributed by atoms with Gasteiger partial charge in [-0.25, -0.2) is 5.84 Å². The van der Waals surface area contributed by atoms with Gasteiger partial charge in [0.05, 0.1) is 0 Å². The van der Waals surface area contributed by atoms with E-state index in [0.717, 1.165) is 13.0 Å². The highest BCUT2D eigenvalue weighted by molar-refractivity contribution is 5.79. The van der Waals surface area contributed by atoms with Crippen molar-refractivity contribution in [3.05, 3.63) is 0 Å². The molecule has 0 spiro atoms. The van der Waals surface area contributed by atoms with Crippen molar-refractivity contribution in [3.63, 3.8) is 0 Å². The van der Waals surface area contributed by atoms with E-state index in [0.29, 0.717) is 11.9 Å². The fraction of sp³-hybridized carbons (Fsp3) is 0.900. The van der Waals surface area contributed by atoms with E-state index in [2.05, 4.69) is 50.4 Å². The van der Waals surface area contributed by atoms with Crippen LogP contribution in [0.4, 0.5) is 0 Å². The molecule has 0 aliphatic carbocycles. The molecular formula is C10H24N4. The lowest BCUT2D eigenvalue weighted by atomic mass is 10.0. The molecule has 0 aliphatic heterocycles. The first kappa shape index (κ1) is 13.2. The summed E-state index contributed by atoms with van der Waals surface area (Å²) < 4.78 is 0. The topological polar surface area (TPSA) is 62.4 Å². The van der Waals surface area contributed by atoms with E-state index in [-0.39, 0.29) is 5.54 Å². The van der Waals surface area contributed by atoms with Crippen molar-refractivity contribution in [3.8, 4) is 0 Å². The van der Waals surface area contributed by atoms with Crippen LogP contribution in [0.3, 0.4) is 0 Å². The molecule has 0 aliphatic rings. The fourth-order valence-electron chi connectivity index (χ4n) is 0.804. The number of hydrogen-bond donors (Lipinski definition) is 3. The Labute approximate surface area is 87.3 Å². The number of rotatable bonds is 4. The number of nitrogens with two attached hydrogens (primary N) is 1. The minimum Gasteiger partial charge on any atom is -0.350 e. The van der Waals surface area contributed by atoms with E-state index in [1.54, 1.807) is 0 Å². The molecule has 0 bridgehead atoms. The summed E-state index contributed by atoms with van der Waals surface area (Å²) in [4.78, 5) is 4.34. The standard InChI is InChI=1S/C10H24N4/c1-6-10(4,5)13-9(14-11)12-7-8(2)3/h8H,6-7,11H2,1-5H3,(H2,12,13,14). The molecule has 0 fully saturated rings. The Hall–Kier alpha value is -0.770. The molecule has 0 aromatic carbocycles. The second-order valence-electron chi connectivity index (χ2n) is 4.59. The molecule has 0 aromatic rings. The van der Waals surface area contributed by atoms with Gasteiger partial charge in [0, 0.05) is 12.1 Å². The first-order chi connectivity index (χ1) is 6.41. The van der Waals surface area contributed by atoms with Crippen LogP contribution in [0.25, 0.3) is 0 Å². The highest BCUT2D eigenvalue weighted by Gasteiger charge is 2.15. The second kappa shape index (κ2) is 5.86. The molecule has 0 saturated heterocycles. The molecule has 4 nitrogen and oxygen atoms in total. The highest BCUT2D eigenvalue weighted by atomic mass is 15.3. The van der Waals surface area contributed by atoms with Crippen molar-refractivity contribution >= 4 is 5.96 Å². The molecule has 0 amide bonds. The van der Waals surface area contributed by atoms with E-state index < -0.39 is 0 Å². The van der Waals surface area contributed by atoms with Crippen molar-refractivity contribution in [2.24, 2.45) is 16.8 Å². The van der Waals surface area contributed by atoms with Crippen LogP contribution in [0, 0.1) is 5.92 Å². The molecule has 0 unspecified atom stereocenters. The third kappa shape index (κ3) is 5.80. The van der Waals surface area contributed by atoms with Crippen LogP contribution < -0.4 is 16.6 Å². The van der Waals surface area contributed by atoms with Gasteiger partial charge in [-0.3, -0.25) is 10.4 Å². The molecule has 0 heterocycles. The van der Waals surface area contributed by atoms with Gasteiger partial charge in [-0.05, 0) is 26.2 Å². The molecule has 14 heavy (non-hydrogen) atoms. The molecule has 0 radical (unpaired) electrons. The second-order valence-corrected chi connectivity index (χ2v) is 4.59. The Kier molecular flexibility index (Phi) is 5.53. The minimum absolute atomic E-state index is 0.0299. The smallest absolute Gasteiger partial charge is 0.206 e. The lowest BCUT2D eigenvalue weighted by Crippen LogP contribution is -2.51. The van der Waals surface area contributed by atoms with E-state index in [4.69, 9.17) is 5.84 Å². The predicted octanol–water partition coefficient (Wildman–Crippen LogP) is 1.24. The molecule has 0 aromatic heterocycles. The highest BCUT2D eigenvalue weighted by Crippen LogP contribution is 2.06. The molecule has 4 heteroatoms. The maximum Gasteiger partial charge on any atom is 0.206 e. The summed E-state index contributed by atoms with van der Waals surface area (Å²) in [7, 11) is 0. The van der Waals surface area contributed by atoms with Gasteiger partial charge in [0.25, 0.3) is 0 Å². The maximum atomic E-state index is 5.38. The van der Waals surface area contributed by atoms with Crippen molar-refractivity contribution in [1.29, 1.82) is 0 Å². The molecule has 4 N–H and O–H groups in total. The Morgan fingerprint density at radius 1 is 1.43 bits per heavy atom. The summed E-state index contributed by atoms with van der Waals surface area (Å²) in [6.07, 6.45) is 1.02. The number of hydrazine groups is 1. The summed E-state index contributed by atoms with van der Waals surface area (Å²) in [6.45, 7) is 11.4. The van der Waals surface area contributed by atoms with Crippen LogP contribution in [0.15, 0.2) is 4.99 Å². The zero-order valence-electron chi connectivity index (χ0n) is 10.0. The summed E-state index contributed by atoms with van der Waals surface area (Å²) in [6, 6.07) is 0. The minimum atomic E-state index is 0.0299. The number of nitrogens with zero attached hydrogens (tertiary/aromatic N) is 1. The maximum absolute atomic E-state index is 5.38. The summed E-state index contributed by atoms with van der Waals surface area (Å²) in [5.41, 5.74) is 2.62. The number of nitrogens with one attached hydrogen (secondary N) is 2. The Morgan fingerprint density at radius 3 is 2.36 bits per heavy atom. The zero-order valence-corrected chi connectivity index (χ0v) is 10.0. The van der Waals surface area contributed by atoms with Crippen LogP contribution in [-0.4, -0.2) is 18.0 Å². The molecule has 0 rings (SSSR count). The number of aliphatic imine (C=N–C) groups is 1. The van der Waals surface area contributed by atoms with Gasteiger partial charge in [-0.1, -0.05) is 20.8 Å². The predicted molar refractivity (Wildman–Crippen MR) is 62.0 cm³/mol. The summed E-state index contributed by atoms with van der Waals surface area (Å²) in [5.74, 6) is 6.60. The van der Waals surface area contributed by atoms with Gasteiger partial charge >= 0.3 is 0 Å². The van der Waals surface area contributed by atoms with Crippen molar-refractivity contribution in [2.45, 2.75) is 46.6 Å². The van der Waals surface area contributed by atoms with Crippen molar-refractivity contribution in [2.75, 3.05) is 6.54 Å². The largest absolute Gasteiger partial charge is 0.350 e. The van der Waals surface area contributed by atoms with Crippen molar-refractivity contribution < 1.29 is 0 Å². The van der Waals surface area contributed by atoms with Crippen LogP contribution in [0.1, 0.15) is 41.0 Å². The monoisotopic (exact) mass is 200 g/mol. The number of guanidine groups is 1.